The minimum atomic E-state index is -0.263. The molecule has 6 heteroatoms. The van der Waals surface area contributed by atoms with Gasteiger partial charge in [0, 0.05) is 31.0 Å². The molecule has 2 heterocycles. The standard InChI is InChI=1S/C21H24N2O3S/c24-20-12-17(21(25)22-8-10-27-14-19-5-2-9-26-19)13-23(20)18-7-6-15-3-1-4-16(15)11-18/h2,5-7,9,11,17H,1,3-4,8,10,12-14H2,(H,22,25)/t17-/m0/s1. The molecule has 0 spiro atoms. The van der Waals surface area contributed by atoms with Crippen LogP contribution in [0.1, 0.15) is 29.7 Å². The number of rotatable bonds is 7. The van der Waals surface area contributed by atoms with E-state index in [1.807, 2.05) is 18.2 Å². The second kappa shape index (κ2) is 8.21. The fourth-order valence-corrected chi connectivity index (χ4v) is 4.57. The maximum atomic E-state index is 12.4. The highest BCUT2D eigenvalue weighted by Gasteiger charge is 2.35. The van der Waals surface area contributed by atoms with Crippen molar-refractivity contribution in [2.75, 3.05) is 23.7 Å². The summed E-state index contributed by atoms with van der Waals surface area (Å²) in [5.74, 6) is 2.32. The SMILES string of the molecule is O=C(NCCSCc1ccco1)[C@H]1CC(=O)N(c2ccc3c(c2)CCC3)C1. The lowest BCUT2D eigenvalue weighted by Gasteiger charge is -2.18. The van der Waals surface area contributed by atoms with Crippen molar-refractivity contribution in [3.8, 4) is 0 Å². The van der Waals surface area contributed by atoms with Gasteiger partial charge >= 0.3 is 0 Å². The van der Waals surface area contributed by atoms with Crippen LogP contribution in [0.25, 0.3) is 0 Å². The van der Waals surface area contributed by atoms with Gasteiger partial charge in [0.25, 0.3) is 0 Å². The largest absolute Gasteiger partial charge is 0.468 e. The first-order valence-electron chi connectivity index (χ1n) is 9.51. The normalized spacial score (nSPS) is 18.7. The summed E-state index contributed by atoms with van der Waals surface area (Å²) in [6.07, 6.45) is 5.37. The highest BCUT2D eigenvalue weighted by atomic mass is 32.2. The Kier molecular flexibility index (Phi) is 5.53. The third-order valence-corrected chi connectivity index (χ3v) is 6.24. The summed E-state index contributed by atoms with van der Waals surface area (Å²) < 4.78 is 5.28. The number of carbonyl (C=O) groups excluding carboxylic acids is 2. The van der Waals surface area contributed by atoms with E-state index in [2.05, 4.69) is 17.4 Å². The molecule has 1 N–H and O–H groups in total. The number of nitrogens with zero attached hydrogens (tertiary/aromatic N) is 1. The molecule has 4 rings (SSSR count). The predicted octanol–water partition coefficient (Wildman–Crippen LogP) is 3.17. The number of benzene rings is 1. The summed E-state index contributed by atoms with van der Waals surface area (Å²) in [5.41, 5.74) is 3.68. The molecule has 2 aliphatic rings. The fourth-order valence-electron chi connectivity index (χ4n) is 3.82. The molecule has 1 aliphatic carbocycles. The van der Waals surface area contributed by atoms with E-state index in [1.165, 1.54) is 17.5 Å². The van der Waals surface area contributed by atoms with E-state index in [-0.39, 0.29) is 17.7 Å². The number of aryl methyl sites for hydroxylation is 2. The van der Waals surface area contributed by atoms with E-state index in [0.29, 0.717) is 19.5 Å². The molecule has 2 aromatic rings. The quantitative estimate of drug-likeness (QED) is 0.745. The van der Waals surface area contributed by atoms with Crippen LogP contribution in [0, 0.1) is 5.92 Å². The van der Waals surface area contributed by atoms with Crippen LogP contribution in [-0.2, 0) is 28.2 Å². The molecule has 1 aromatic heterocycles. The highest BCUT2D eigenvalue weighted by molar-refractivity contribution is 7.98. The van der Waals surface area contributed by atoms with E-state index in [9.17, 15) is 9.59 Å². The average Bonchev–Trinajstić information content (AvgIpc) is 3.41. The zero-order chi connectivity index (χ0) is 18.6. The van der Waals surface area contributed by atoms with Crippen LogP contribution >= 0.6 is 11.8 Å². The van der Waals surface area contributed by atoms with E-state index in [4.69, 9.17) is 4.42 Å². The van der Waals surface area contributed by atoms with E-state index in [1.54, 1.807) is 22.9 Å². The first-order chi connectivity index (χ1) is 13.2. The second-order valence-electron chi connectivity index (χ2n) is 7.13. The van der Waals surface area contributed by atoms with Crippen LogP contribution in [0.3, 0.4) is 0 Å². The Bertz CT molecular complexity index is 819. The molecular weight excluding hydrogens is 360 g/mol. The molecule has 0 radical (unpaired) electrons. The van der Waals surface area contributed by atoms with Crippen molar-refractivity contribution in [3.63, 3.8) is 0 Å². The number of carbonyl (C=O) groups is 2. The van der Waals surface area contributed by atoms with Crippen LogP contribution in [0.4, 0.5) is 5.69 Å². The van der Waals surface area contributed by atoms with Gasteiger partial charge in [0.1, 0.15) is 5.76 Å². The minimum Gasteiger partial charge on any atom is -0.468 e. The van der Waals surface area contributed by atoms with Crippen molar-refractivity contribution in [2.45, 2.75) is 31.4 Å². The lowest BCUT2D eigenvalue weighted by molar-refractivity contribution is -0.126. The van der Waals surface area contributed by atoms with Gasteiger partial charge in [0.15, 0.2) is 0 Å². The van der Waals surface area contributed by atoms with Gasteiger partial charge in [-0.15, -0.1) is 0 Å². The van der Waals surface area contributed by atoms with Crippen molar-refractivity contribution in [1.29, 1.82) is 0 Å². The fraction of sp³-hybridized carbons (Fsp3) is 0.429. The number of hydrogen-bond donors (Lipinski definition) is 1. The molecule has 27 heavy (non-hydrogen) atoms. The number of anilines is 1. The Labute approximate surface area is 163 Å². The third-order valence-electron chi connectivity index (χ3n) is 5.26. The average molecular weight is 385 g/mol. The van der Waals surface area contributed by atoms with Crippen LogP contribution < -0.4 is 10.2 Å². The summed E-state index contributed by atoms with van der Waals surface area (Å²) in [6, 6.07) is 10.1. The van der Waals surface area contributed by atoms with Crippen molar-refractivity contribution < 1.29 is 14.0 Å². The Morgan fingerprint density at radius 2 is 2.15 bits per heavy atom. The highest BCUT2D eigenvalue weighted by Crippen LogP contribution is 2.30. The molecule has 142 valence electrons. The smallest absolute Gasteiger partial charge is 0.227 e. The Morgan fingerprint density at radius 1 is 1.26 bits per heavy atom. The van der Waals surface area contributed by atoms with Crippen molar-refractivity contribution in [1.82, 2.24) is 5.32 Å². The molecule has 1 aliphatic heterocycles. The molecule has 1 aromatic carbocycles. The summed E-state index contributed by atoms with van der Waals surface area (Å²) in [5, 5.41) is 2.97. The maximum Gasteiger partial charge on any atom is 0.227 e. The zero-order valence-corrected chi connectivity index (χ0v) is 16.1. The number of furan rings is 1. The zero-order valence-electron chi connectivity index (χ0n) is 15.3. The van der Waals surface area contributed by atoms with E-state index in [0.717, 1.165) is 35.8 Å². The van der Waals surface area contributed by atoms with Crippen LogP contribution in [-0.4, -0.2) is 30.7 Å². The Hall–Kier alpha value is -2.21. The Balaban J connectivity index is 1.25. The second-order valence-corrected chi connectivity index (χ2v) is 8.24. The van der Waals surface area contributed by atoms with Gasteiger partial charge < -0.3 is 14.6 Å². The van der Waals surface area contributed by atoms with Crippen molar-refractivity contribution in [2.24, 2.45) is 5.92 Å². The van der Waals surface area contributed by atoms with Gasteiger partial charge in [0.2, 0.25) is 11.8 Å². The summed E-state index contributed by atoms with van der Waals surface area (Å²) in [7, 11) is 0. The van der Waals surface area contributed by atoms with Crippen molar-refractivity contribution in [3.05, 3.63) is 53.5 Å². The molecule has 0 unspecified atom stereocenters. The molecule has 5 nitrogen and oxygen atoms in total. The molecule has 0 saturated carbocycles. The molecule has 1 atom stereocenters. The number of fused-ring (bicyclic) bond motifs is 1. The molecular formula is C21H24N2O3S. The van der Waals surface area contributed by atoms with Crippen LogP contribution in [0.15, 0.2) is 41.0 Å². The molecule has 0 bridgehead atoms. The first-order valence-corrected chi connectivity index (χ1v) is 10.7. The van der Waals surface area contributed by atoms with Gasteiger partial charge in [0.05, 0.1) is 17.9 Å². The van der Waals surface area contributed by atoms with Gasteiger partial charge in [-0.25, -0.2) is 0 Å². The summed E-state index contributed by atoms with van der Waals surface area (Å²) >= 11 is 1.72. The summed E-state index contributed by atoms with van der Waals surface area (Å²) in [6.45, 7) is 1.08. The molecule has 1 saturated heterocycles. The third kappa shape index (κ3) is 4.21. The lowest BCUT2D eigenvalue weighted by Crippen LogP contribution is -2.34. The minimum absolute atomic E-state index is 0.0226. The van der Waals surface area contributed by atoms with Gasteiger partial charge in [-0.3, -0.25) is 9.59 Å². The number of thioether (sulfide) groups is 1. The monoisotopic (exact) mass is 384 g/mol. The molecule has 1 fully saturated rings. The summed E-state index contributed by atoms with van der Waals surface area (Å²) in [4.78, 5) is 26.6. The number of amides is 2. The van der Waals surface area contributed by atoms with E-state index >= 15 is 0 Å². The van der Waals surface area contributed by atoms with Crippen LogP contribution in [0.2, 0.25) is 0 Å². The lowest BCUT2D eigenvalue weighted by atomic mass is 10.1. The maximum absolute atomic E-state index is 12.4. The number of nitrogens with one attached hydrogen (secondary N) is 1. The van der Waals surface area contributed by atoms with Gasteiger partial charge in [-0.1, -0.05) is 6.07 Å². The molecule has 2 amide bonds. The number of hydrogen-bond acceptors (Lipinski definition) is 4. The van der Waals surface area contributed by atoms with Crippen LogP contribution in [0.5, 0.6) is 0 Å². The van der Waals surface area contributed by atoms with Crippen molar-refractivity contribution >= 4 is 29.3 Å². The Morgan fingerprint density at radius 3 is 3.00 bits per heavy atom. The predicted molar refractivity (Wildman–Crippen MR) is 107 cm³/mol. The van der Waals surface area contributed by atoms with Gasteiger partial charge in [-0.2, -0.15) is 11.8 Å². The van der Waals surface area contributed by atoms with Gasteiger partial charge in [-0.05, 0) is 54.7 Å². The van der Waals surface area contributed by atoms with E-state index < -0.39 is 0 Å². The topological polar surface area (TPSA) is 62.6 Å². The first kappa shape index (κ1) is 18.2.